The first kappa shape index (κ1) is 15.2. The van der Waals surface area contributed by atoms with E-state index in [4.69, 9.17) is 15.1 Å². The lowest BCUT2D eigenvalue weighted by Gasteiger charge is -2.18. The molecule has 1 atom stereocenters. The highest BCUT2D eigenvalue weighted by molar-refractivity contribution is 7.86. The molecule has 1 aromatic carbocycles. The van der Waals surface area contributed by atoms with Gasteiger partial charge in [0.25, 0.3) is 0 Å². The first-order valence-corrected chi connectivity index (χ1v) is 6.83. The molecule has 0 bridgehead atoms. The van der Waals surface area contributed by atoms with E-state index >= 15 is 0 Å². The van der Waals surface area contributed by atoms with Crippen molar-refractivity contribution in [3.8, 4) is 11.8 Å². The molecule has 102 valence electrons. The summed E-state index contributed by atoms with van der Waals surface area (Å²) >= 11 is 0. The van der Waals surface area contributed by atoms with Crippen LogP contribution < -0.4 is 4.74 Å². The molecular formula is C13H15NO4S. The smallest absolute Gasteiger partial charge is 0.321 e. The lowest BCUT2D eigenvalue weighted by molar-refractivity contribution is -0.139. The van der Waals surface area contributed by atoms with Gasteiger partial charge in [0.1, 0.15) is 16.6 Å². The van der Waals surface area contributed by atoms with Crippen LogP contribution in [-0.4, -0.2) is 27.1 Å². The van der Waals surface area contributed by atoms with Crippen molar-refractivity contribution in [2.75, 3.05) is 7.11 Å². The third-order valence-electron chi connectivity index (χ3n) is 2.77. The molecule has 0 radical (unpaired) electrons. The van der Waals surface area contributed by atoms with Crippen molar-refractivity contribution in [2.24, 2.45) is 0 Å². The number of carboxylic acids is 1. The van der Waals surface area contributed by atoms with Crippen LogP contribution in [0.2, 0.25) is 0 Å². The monoisotopic (exact) mass is 281 g/mol. The summed E-state index contributed by atoms with van der Waals surface area (Å²) in [6.45, 7) is 2.85. The summed E-state index contributed by atoms with van der Waals surface area (Å²) < 4.78 is 15.8. The van der Waals surface area contributed by atoms with Crippen LogP contribution in [0.1, 0.15) is 25.0 Å². The van der Waals surface area contributed by atoms with Gasteiger partial charge in [-0.2, -0.15) is 5.26 Å². The normalized spacial score (nSPS) is 12.5. The number of ether oxygens (including phenoxy) is 1. The molecule has 0 aliphatic heterocycles. The van der Waals surface area contributed by atoms with Crippen molar-refractivity contribution < 1.29 is 18.8 Å². The molecule has 0 aliphatic rings. The van der Waals surface area contributed by atoms with Crippen LogP contribution in [0.5, 0.6) is 5.75 Å². The van der Waals surface area contributed by atoms with Gasteiger partial charge in [0, 0.05) is 16.6 Å². The molecule has 1 unspecified atom stereocenters. The van der Waals surface area contributed by atoms with Crippen LogP contribution in [0.15, 0.2) is 18.2 Å². The van der Waals surface area contributed by atoms with Gasteiger partial charge in [-0.15, -0.1) is 0 Å². The molecule has 0 aliphatic carbocycles. The number of benzene rings is 1. The lowest BCUT2D eigenvalue weighted by Crippen LogP contribution is -2.37. The minimum absolute atomic E-state index is 0.0986. The Morgan fingerprint density at radius 2 is 2.16 bits per heavy atom. The van der Waals surface area contributed by atoms with Gasteiger partial charge in [0.05, 0.1) is 12.7 Å². The molecule has 1 rings (SSSR count). The van der Waals surface area contributed by atoms with E-state index in [9.17, 15) is 9.00 Å². The summed E-state index contributed by atoms with van der Waals surface area (Å²) in [4.78, 5) is 11.0. The van der Waals surface area contributed by atoms with Gasteiger partial charge in [-0.3, -0.25) is 9.00 Å². The van der Waals surface area contributed by atoms with Crippen molar-refractivity contribution >= 4 is 16.8 Å². The molecule has 6 heteroatoms. The Morgan fingerprint density at radius 3 is 2.63 bits per heavy atom. The molecule has 0 spiro atoms. The molecule has 1 aromatic rings. The summed E-state index contributed by atoms with van der Waals surface area (Å²) in [5.74, 6) is -0.613. The number of nitriles is 1. The van der Waals surface area contributed by atoms with Gasteiger partial charge in [0.15, 0.2) is 0 Å². The second kappa shape index (κ2) is 5.85. The van der Waals surface area contributed by atoms with E-state index in [-0.39, 0.29) is 5.75 Å². The summed E-state index contributed by atoms with van der Waals surface area (Å²) in [7, 11) is -0.126. The van der Waals surface area contributed by atoms with E-state index in [1.807, 2.05) is 6.07 Å². The number of aliphatic carboxylic acids is 1. The Labute approximate surface area is 114 Å². The van der Waals surface area contributed by atoms with E-state index in [2.05, 4.69) is 0 Å². The topological polar surface area (TPSA) is 87.4 Å². The standard InChI is InChI=1S/C13H15NO4S/c1-13(2,12(15)16)19(17)8-9-4-5-10(7-14)11(6-9)18-3/h4-6H,8H2,1-3H3,(H,15,16). The maximum atomic E-state index is 12.1. The van der Waals surface area contributed by atoms with Crippen LogP contribution >= 0.6 is 0 Å². The first-order chi connectivity index (χ1) is 8.82. The van der Waals surface area contributed by atoms with Crippen molar-refractivity contribution in [1.29, 1.82) is 5.26 Å². The first-order valence-electron chi connectivity index (χ1n) is 5.51. The van der Waals surface area contributed by atoms with Gasteiger partial charge in [0.2, 0.25) is 0 Å². The van der Waals surface area contributed by atoms with Crippen LogP contribution in [0.25, 0.3) is 0 Å². The van der Waals surface area contributed by atoms with Crippen molar-refractivity contribution in [1.82, 2.24) is 0 Å². The zero-order valence-corrected chi connectivity index (χ0v) is 11.8. The van der Waals surface area contributed by atoms with Crippen molar-refractivity contribution in [3.63, 3.8) is 0 Å². The summed E-state index contributed by atoms with van der Waals surface area (Å²) in [6.07, 6.45) is 0. The molecule has 0 fully saturated rings. The molecule has 0 heterocycles. The quantitative estimate of drug-likeness (QED) is 0.887. The van der Waals surface area contributed by atoms with E-state index in [1.165, 1.54) is 21.0 Å². The van der Waals surface area contributed by atoms with Crippen LogP contribution in [0.4, 0.5) is 0 Å². The van der Waals surface area contributed by atoms with Gasteiger partial charge < -0.3 is 9.84 Å². The van der Waals surface area contributed by atoms with Crippen molar-refractivity contribution in [3.05, 3.63) is 29.3 Å². The summed E-state index contributed by atoms with van der Waals surface area (Å²) in [6, 6.07) is 6.80. The van der Waals surface area contributed by atoms with Crippen LogP contribution in [-0.2, 0) is 21.3 Å². The maximum absolute atomic E-state index is 12.1. The summed E-state index contributed by atoms with van der Waals surface area (Å²) in [5.41, 5.74) is 1.05. The third-order valence-corrected chi connectivity index (χ3v) is 4.68. The fourth-order valence-electron chi connectivity index (χ4n) is 1.35. The Kier molecular flexibility index (Phi) is 4.67. The van der Waals surface area contributed by atoms with E-state index in [0.29, 0.717) is 16.9 Å². The Hall–Kier alpha value is -1.87. The second-order valence-electron chi connectivity index (χ2n) is 4.45. The highest BCUT2D eigenvalue weighted by atomic mass is 32.2. The van der Waals surface area contributed by atoms with Crippen LogP contribution in [0.3, 0.4) is 0 Å². The molecule has 5 nitrogen and oxygen atoms in total. The SMILES string of the molecule is COc1cc(CS(=O)C(C)(C)C(=O)O)ccc1C#N. The Bertz CT molecular complexity index is 560. The van der Waals surface area contributed by atoms with Gasteiger partial charge in [-0.25, -0.2) is 0 Å². The van der Waals surface area contributed by atoms with E-state index in [1.54, 1.807) is 18.2 Å². The molecule has 0 amide bonds. The molecule has 19 heavy (non-hydrogen) atoms. The second-order valence-corrected chi connectivity index (χ2v) is 6.45. The lowest BCUT2D eigenvalue weighted by atomic mass is 10.1. The largest absolute Gasteiger partial charge is 0.495 e. The molecular weight excluding hydrogens is 266 g/mol. The number of carbonyl (C=O) groups is 1. The fraction of sp³-hybridized carbons (Fsp3) is 0.385. The average Bonchev–Trinajstić information content (AvgIpc) is 2.38. The molecule has 0 saturated carbocycles. The van der Waals surface area contributed by atoms with Crippen molar-refractivity contribution in [2.45, 2.75) is 24.3 Å². The van der Waals surface area contributed by atoms with Gasteiger partial charge in [-0.05, 0) is 31.5 Å². The third kappa shape index (κ3) is 3.32. The van der Waals surface area contributed by atoms with E-state index in [0.717, 1.165) is 0 Å². The zero-order valence-electron chi connectivity index (χ0n) is 11.0. The minimum atomic E-state index is -1.57. The predicted molar refractivity (Wildman–Crippen MR) is 71.3 cm³/mol. The summed E-state index contributed by atoms with van der Waals surface area (Å²) in [5, 5.41) is 17.9. The highest BCUT2D eigenvalue weighted by Crippen LogP contribution is 2.23. The van der Waals surface area contributed by atoms with E-state index < -0.39 is 21.5 Å². The minimum Gasteiger partial charge on any atom is -0.495 e. The number of nitrogens with zero attached hydrogens (tertiary/aromatic N) is 1. The highest BCUT2D eigenvalue weighted by Gasteiger charge is 2.34. The average molecular weight is 281 g/mol. The fourth-order valence-corrected chi connectivity index (χ4v) is 2.38. The number of hydrogen-bond acceptors (Lipinski definition) is 4. The number of methoxy groups -OCH3 is 1. The molecule has 1 N–H and O–H groups in total. The number of rotatable bonds is 5. The van der Waals surface area contributed by atoms with Crippen LogP contribution in [0, 0.1) is 11.3 Å². The van der Waals surface area contributed by atoms with Gasteiger partial charge >= 0.3 is 5.97 Å². The zero-order chi connectivity index (χ0) is 14.6. The number of hydrogen-bond donors (Lipinski definition) is 1. The molecule has 0 aromatic heterocycles. The maximum Gasteiger partial charge on any atom is 0.321 e. The predicted octanol–water partition coefficient (Wildman–Crippen LogP) is 1.68. The van der Waals surface area contributed by atoms with Gasteiger partial charge in [-0.1, -0.05) is 6.07 Å². The number of carboxylic acid groups (broad SMARTS) is 1. The Balaban J connectivity index is 2.99. The Morgan fingerprint density at radius 1 is 1.53 bits per heavy atom. The molecule has 0 saturated heterocycles.